The standard InChI is InChI=1S/C18H27N3O4S/c1-25-17-11-14(8-9-19-17)12-20-26(23,24)16-7-4-10-21(13-16)18(22)15-5-2-3-6-15/h8-9,11,15-16,20H,2-7,10,12-13H2,1H3. The van der Waals surface area contributed by atoms with Crippen LogP contribution in [0, 0.1) is 5.92 Å². The van der Waals surface area contributed by atoms with Gasteiger partial charge in [0.25, 0.3) is 0 Å². The third-order valence-electron chi connectivity index (χ3n) is 5.32. The van der Waals surface area contributed by atoms with Crippen LogP contribution in [0.3, 0.4) is 0 Å². The molecule has 2 aliphatic rings. The molecule has 0 radical (unpaired) electrons. The van der Waals surface area contributed by atoms with Gasteiger partial charge in [-0.25, -0.2) is 18.1 Å². The van der Waals surface area contributed by atoms with Gasteiger partial charge in [0.1, 0.15) is 0 Å². The molecule has 0 aromatic carbocycles. The first kappa shape index (κ1) is 19.1. The van der Waals surface area contributed by atoms with Gasteiger partial charge in [-0.2, -0.15) is 0 Å². The number of hydrogen-bond acceptors (Lipinski definition) is 5. The van der Waals surface area contributed by atoms with E-state index in [2.05, 4.69) is 9.71 Å². The van der Waals surface area contributed by atoms with E-state index in [1.54, 1.807) is 23.2 Å². The van der Waals surface area contributed by atoms with Crippen molar-refractivity contribution in [2.75, 3.05) is 20.2 Å². The van der Waals surface area contributed by atoms with Gasteiger partial charge in [0.05, 0.1) is 12.4 Å². The van der Waals surface area contributed by atoms with Crippen LogP contribution in [0.5, 0.6) is 5.88 Å². The van der Waals surface area contributed by atoms with Crippen LogP contribution in [-0.2, 0) is 21.4 Å². The Hall–Kier alpha value is -1.67. The molecule has 1 saturated carbocycles. The molecule has 1 atom stereocenters. The number of ether oxygens (including phenoxy) is 1. The van der Waals surface area contributed by atoms with Crippen LogP contribution in [-0.4, -0.2) is 49.7 Å². The van der Waals surface area contributed by atoms with E-state index >= 15 is 0 Å². The normalized spacial score (nSPS) is 21.7. The Morgan fingerprint density at radius 2 is 2.08 bits per heavy atom. The molecule has 7 nitrogen and oxygen atoms in total. The van der Waals surface area contributed by atoms with Crippen LogP contribution in [0.4, 0.5) is 0 Å². The molecular formula is C18H27N3O4S. The van der Waals surface area contributed by atoms with Gasteiger partial charge in [-0.05, 0) is 37.3 Å². The zero-order chi connectivity index (χ0) is 18.6. The summed E-state index contributed by atoms with van der Waals surface area (Å²) in [5, 5.41) is -0.551. The van der Waals surface area contributed by atoms with Gasteiger partial charge in [-0.1, -0.05) is 12.8 Å². The highest BCUT2D eigenvalue weighted by Crippen LogP contribution is 2.28. The minimum atomic E-state index is -3.50. The van der Waals surface area contributed by atoms with E-state index in [9.17, 15) is 13.2 Å². The number of rotatable bonds is 6. The Balaban J connectivity index is 1.59. The molecule has 0 spiro atoms. The average Bonchev–Trinajstić information content (AvgIpc) is 3.21. The van der Waals surface area contributed by atoms with Crippen LogP contribution >= 0.6 is 0 Å². The molecule has 1 aliphatic carbocycles. The van der Waals surface area contributed by atoms with Crippen LogP contribution in [0.15, 0.2) is 18.3 Å². The second-order valence-corrected chi connectivity index (χ2v) is 9.15. The number of aromatic nitrogens is 1. The molecule has 1 aromatic rings. The summed E-state index contributed by atoms with van der Waals surface area (Å²) in [6.07, 6.45) is 6.98. The lowest BCUT2D eigenvalue weighted by Gasteiger charge is -2.34. The minimum absolute atomic E-state index is 0.0914. The van der Waals surface area contributed by atoms with Crippen molar-refractivity contribution in [1.29, 1.82) is 0 Å². The minimum Gasteiger partial charge on any atom is -0.481 e. The predicted octanol–water partition coefficient (Wildman–Crippen LogP) is 1.69. The van der Waals surface area contributed by atoms with E-state index in [0.717, 1.165) is 37.7 Å². The number of amides is 1. The summed E-state index contributed by atoms with van der Waals surface area (Å²) in [6, 6.07) is 3.46. The first-order valence-electron chi connectivity index (χ1n) is 9.26. The molecule has 1 aromatic heterocycles. The molecule has 1 unspecified atom stereocenters. The Morgan fingerprint density at radius 3 is 2.81 bits per heavy atom. The summed E-state index contributed by atoms with van der Waals surface area (Å²) < 4.78 is 33.1. The maximum Gasteiger partial charge on any atom is 0.225 e. The molecule has 0 bridgehead atoms. The number of pyridine rings is 1. The summed E-state index contributed by atoms with van der Waals surface area (Å²) in [6.45, 7) is 1.15. The molecule has 1 amide bonds. The molecule has 1 saturated heterocycles. The monoisotopic (exact) mass is 381 g/mol. The van der Waals surface area contributed by atoms with Crippen molar-refractivity contribution in [3.8, 4) is 5.88 Å². The third kappa shape index (κ3) is 4.54. The molecule has 3 rings (SSSR count). The fraction of sp³-hybridized carbons (Fsp3) is 0.667. The number of sulfonamides is 1. The highest BCUT2D eigenvalue weighted by atomic mass is 32.2. The van der Waals surface area contributed by atoms with Crippen LogP contribution in [0.25, 0.3) is 0 Å². The lowest BCUT2D eigenvalue weighted by Crippen LogP contribution is -2.49. The van der Waals surface area contributed by atoms with Crippen molar-refractivity contribution >= 4 is 15.9 Å². The number of carbonyl (C=O) groups is 1. The zero-order valence-corrected chi connectivity index (χ0v) is 16.0. The number of nitrogens with one attached hydrogen (secondary N) is 1. The van der Waals surface area contributed by atoms with Gasteiger partial charge in [0.15, 0.2) is 0 Å². The van der Waals surface area contributed by atoms with Gasteiger partial charge >= 0.3 is 0 Å². The van der Waals surface area contributed by atoms with E-state index in [1.165, 1.54) is 7.11 Å². The Labute approximate surface area is 155 Å². The van der Waals surface area contributed by atoms with E-state index in [0.29, 0.717) is 25.4 Å². The third-order valence-corrected chi connectivity index (χ3v) is 7.13. The van der Waals surface area contributed by atoms with E-state index in [1.807, 2.05) is 0 Å². The highest BCUT2D eigenvalue weighted by molar-refractivity contribution is 7.90. The molecular weight excluding hydrogens is 354 g/mol. The van der Waals surface area contributed by atoms with Crippen LogP contribution < -0.4 is 9.46 Å². The molecule has 26 heavy (non-hydrogen) atoms. The summed E-state index contributed by atoms with van der Waals surface area (Å²) >= 11 is 0. The van der Waals surface area contributed by atoms with Crippen molar-refractivity contribution in [2.24, 2.45) is 5.92 Å². The number of piperidine rings is 1. The highest BCUT2D eigenvalue weighted by Gasteiger charge is 2.35. The van der Waals surface area contributed by atoms with Gasteiger partial charge in [-0.3, -0.25) is 4.79 Å². The Bertz CT molecular complexity index is 732. The maximum absolute atomic E-state index is 12.7. The molecule has 8 heteroatoms. The lowest BCUT2D eigenvalue weighted by atomic mass is 10.0. The van der Waals surface area contributed by atoms with Crippen LogP contribution in [0.2, 0.25) is 0 Å². The van der Waals surface area contributed by atoms with Crippen LogP contribution in [0.1, 0.15) is 44.1 Å². The molecule has 2 heterocycles. The fourth-order valence-electron chi connectivity index (χ4n) is 3.80. The number of hydrogen-bond donors (Lipinski definition) is 1. The first-order valence-corrected chi connectivity index (χ1v) is 10.8. The Kier molecular flexibility index (Phi) is 6.13. The van der Waals surface area contributed by atoms with Gasteiger partial charge in [-0.15, -0.1) is 0 Å². The SMILES string of the molecule is COc1cc(CNS(=O)(=O)C2CCCN(C(=O)C3CCCC3)C2)ccn1. The van der Waals surface area contributed by atoms with E-state index in [-0.39, 0.29) is 18.4 Å². The van der Waals surface area contributed by atoms with Gasteiger partial charge in [0.2, 0.25) is 21.8 Å². The average molecular weight is 381 g/mol. The zero-order valence-electron chi connectivity index (χ0n) is 15.2. The summed E-state index contributed by atoms with van der Waals surface area (Å²) in [4.78, 5) is 18.4. The van der Waals surface area contributed by atoms with Crippen molar-refractivity contribution < 1.29 is 17.9 Å². The molecule has 144 valence electrons. The smallest absolute Gasteiger partial charge is 0.225 e. The topological polar surface area (TPSA) is 88.6 Å². The van der Waals surface area contributed by atoms with Crippen molar-refractivity contribution in [2.45, 2.75) is 50.3 Å². The predicted molar refractivity (Wildman–Crippen MR) is 98.1 cm³/mol. The second kappa shape index (κ2) is 8.35. The van der Waals surface area contributed by atoms with E-state index < -0.39 is 15.3 Å². The first-order chi connectivity index (χ1) is 12.5. The molecule has 2 fully saturated rings. The summed E-state index contributed by atoms with van der Waals surface area (Å²) in [5.41, 5.74) is 0.787. The van der Waals surface area contributed by atoms with Crippen molar-refractivity contribution in [3.05, 3.63) is 23.9 Å². The Morgan fingerprint density at radius 1 is 1.31 bits per heavy atom. The number of nitrogens with zero attached hydrogens (tertiary/aromatic N) is 2. The summed E-state index contributed by atoms with van der Waals surface area (Å²) in [5.74, 6) is 0.683. The number of likely N-dealkylation sites (tertiary alicyclic amines) is 1. The lowest BCUT2D eigenvalue weighted by molar-refractivity contribution is -0.136. The largest absolute Gasteiger partial charge is 0.481 e. The van der Waals surface area contributed by atoms with Gasteiger partial charge < -0.3 is 9.64 Å². The number of carbonyl (C=O) groups excluding carboxylic acids is 1. The van der Waals surface area contributed by atoms with Crippen molar-refractivity contribution in [1.82, 2.24) is 14.6 Å². The quantitative estimate of drug-likeness (QED) is 0.810. The summed E-state index contributed by atoms with van der Waals surface area (Å²) in [7, 11) is -1.97. The van der Waals surface area contributed by atoms with E-state index in [4.69, 9.17) is 4.74 Å². The second-order valence-electron chi connectivity index (χ2n) is 7.10. The number of methoxy groups -OCH3 is 1. The van der Waals surface area contributed by atoms with Gasteiger partial charge in [0, 0.05) is 37.8 Å². The fourth-order valence-corrected chi connectivity index (χ4v) is 5.25. The van der Waals surface area contributed by atoms with Crippen molar-refractivity contribution in [3.63, 3.8) is 0 Å². The molecule has 1 N–H and O–H groups in total. The molecule has 1 aliphatic heterocycles. The maximum atomic E-state index is 12.7.